The summed E-state index contributed by atoms with van der Waals surface area (Å²) in [4.78, 5) is 8.14. The molecule has 4 N–H and O–H groups in total. The fourth-order valence-corrected chi connectivity index (χ4v) is 1.81. The number of benzene rings is 1. The van der Waals surface area contributed by atoms with Crippen molar-refractivity contribution in [2.24, 2.45) is 0 Å². The van der Waals surface area contributed by atoms with E-state index in [9.17, 15) is 0 Å². The van der Waals surface area contributed by atoms with Crippen molar-refractivity contribution in [1.29, 1.82) is 0 Å². The second-order valence-electron chi connectivity index (χ2n) is 3.93. The number of rotatable bonds is 3. The van der Waals surface area contributed by atoms with Gasteiger partial charge in [-0.3, -0.25) is 0 Å². The molecule has 98 valence electrons. The average Bonchev–Trinajstić information content (AvgIpc) is 2.88. The molecule has 2 aromatic rings. The van der Waals surface area contributed by atoms with E-state index < -0.39 is 0 Å². The number of hydrogen-bond acceptors (Lipinski definition) is 7. The van der Waals surface area contributed by atoms with Gasteiger partial charge in [0, 0.05) is 18.8 Å². The lowest BCUT2D eigenvalue weighted by Gasteiger charge is -2.10. The molecule has 0 fully saturated rings. The van der Waals surface area contributed by atoms with Gasteiger partial charge in [-0.2, -0.15) is 0 Å². The smallest absolute Gasteiger partial charge is 0.231 e. The number of fused-ring (bicyclic) bond motifs is 1. The lowest BCUT2D eigenvalue weighted by molar-refractivity contribution is 0.174. The summed E-state index contributed by atoms with van der Waals surface area (Å²) in [5, 5.41) is 6.03. The topological polar surface area (TPSA) is 94.3 Å². The third kappa shape index (κ3) is 2.05. The first-order valence-corrected chi connectivity index (χ1v) is 5.73. The van der Waals surface area contributed by atoms with Crippen LogP contribution in [0.5, 0.6) is 11.5 Å². The Morgan fingerprint density at radius 1 is 1.16 bits per heavy atom. The van der Waals surface area contributed by atoms with E-state index in [1.54, 1.807) is 7.05 Å². The first-order valence-electron chi connectivity index (χ1n) is 5.73. The highest BCUT2D eigenvalue weighted by Crippen LogP contribution is 2.35. The fourth-order valence-electron chi connectivity index (χ4n) is 1.81. The largest absolute Gasteiger partial charge is 0.454 e. The van der Waals surface area contributed by atoms with Gasteiger partial charge in [0.2, 0.25) is 6.79 Å². The van der Waals surface area contributed by atoms with Crippen molar-refractivity contribution in [3.05, 3.63) is 24.5 Å². The Balaban J connectivity index is 1.89. The highest BCUT2D eigenvalue weighted by Gasteiger charge is 2.14. The minimum Gasteiger partial charge on any atom is -0.454 e. The van der Waals surface area contributed by atoms with Gasteiger partial charge >= 0.3 is 0 Å². The molecule has 3 rings (SSSR count). The summed E-state index contributed by atoms with van der Waals surface area (Å²) in [5.74, 6) is 2.56. The number of nitrogens with two attached hydrogens (primary N) is 1. The fraction of sp³-hybridized carbons (Fsp3) is 0.167. The molecule has 0 aliphatic carbocycles. The molecule has 1 aromatic heterocycles. The zero-order valence-electron chi connectivity index (χ0n) is 10.3. The quantitative estimate of drug-likeness (QED) is 0.770. The van der Waals surface area contributed by atoms with E-state index in [0.717, 1.165) is 11.4 Å². The van der Waals surface area contributed by atoms with Gasteiger partial charge in [0.25, 0.3) is 0 Å². The number of nitrogens with zero attached hydrogens (tertiary/aromatic N) is 2. The summed E-state index contributed by atoms with van der Waals surface area (Å²) in [6.45, 7) is 0.248. The molecule has 0 saturated heterocycles. The molecule has 0 atom stereocenters. The Hall–Kier alpha value is -2.70. The molecular formula is C12H13N5O2. The average molecular weight is 259 g/mol. The summed E-state index contributed by atoms with van der Waals surface area (Å²) in [6.07, 6.45) is 1.44. The van der Waals surface area contributed by atoms with Gasteiger partial charge in [0.1, 0.15) is 12.0 Å². The normalized spacial score (nSPS) is 12.3. The summed E-state index contributed by atoms with van der Waals surface area (Å²) < 4.78 is 10.6. The van der Waals surface area contributed by atoms with Gasteiger partial charge in [-0.25, -0.2) is 9.97 Å². The van der Waals surface area contributed by atoms with Crippen LogP contribution in [0.2, 0.25) is 0 Å². The molecule has 0 radical (unpaired) electrons. The van der Waals surface area contributed by atoms with Crippen molar-refractivity contribution in [2.75, 3.05) is 30.2 Å². The Bertz CT molecular complexity index is 617. The summed E-state index contributed by atoms with van der Waals surface area (Å²) in [7, 11) is 1.75. The molecule has 1 aliphatic heterocycles. The van der Waals surface area contributed by atoms with Crippen LogP contribution in [0.3, 0.4) is 0 Å². The minimum absolute atomic E-state index is 0.248. The molecule has 7 nitrogen and oxygen atoms in total. The van der Waals surface area contributed by atoms with Crippen LogP contribution in [0.1, 0.15) is 0 Å². The maximum Gasteiger partial charge on any atom is 0.231 e. The van der Waals surface area contributed by atoms with Gasteiger partial charge in [0.15, 0.2) is 23.1 Å². The monoisotopic (exact) mass is 259 g/mol. The Labute approximate surface area is 109 Å². The van der Waals surface area contributed by atoms with E-state index >= 15 is 0 Å². The van der Waals surface area contributed by atoms with Crippen molar-refractivity contribution in [3.8, 4) is 11.5 Å². The van der Waals surface area contributed by atoms with E-state index in [4.69, 9.17) is 15.2 Å². The van der Waals surface area contributed by atoms with Gasteiger partial charge in [-0.15, -0.1) is 0 Å². The van der Waals surface area contributed by atoms with E-state index in [-0.39, 0.29) is 6.79 Å². The lowest BCUT2D eigenvalue weighted by Crippen LogP contribution is -2.04. The molecule has 7 heteroatoms. The first-order chi connectivity index (χ1) is 9.28. The van der Waals surface area contributed by atoms with Gasteiger partial charge < -0.3 is 25.8 Å². The molecule has 1 aromatic carbocycles. The standard InChI is InChI=1S/C12H13N5O2/c1-14-11-10(13)12(16-5-15-11)17-7-2-3-8-9(4-7)19-6-18-8/h2-5H,6,13H2,1H3,(H2,14,15,16,17). The molecule has 0 spiro atoms. The third-order valence-electron chi connectivity index (χ3n) is 2.76. The predicted octanol–water partition coefficient (Wildman–Crippen LogP) is 1.57. The number of anilines is 4. The van der Waals surface area contributed by atoms with Crippen LogP contribution in [0.25, 0.3) is 0 Å². The maximum absolute atomic E-state index is 5.95. The summed E-state index contributed by atoms with van der Waals surface area (Å²) in [5.41, 5.74) is 7.23. The summed E-state index contributed by atoms with van der Waals surface area (Å²) >= 11 is 0. The van der Waals surface area contributed by atoms with Crippen LogP contribution in [-0.2, 0) is 0 Å². The minimum atomic E-state index is 0.248. The van der Waals surface area contributed by atoms with Crippen LogP contribution in [-0.4, -0.2) is 23.8 Å². The van der Waals surface area contributed by atoms with Crippen molar-refractivity contribution in [1.82, 2.24) is 9.97 Å². The Kier molecular flexibility index (Phi) is 2.71. The van der Waals surface area contributed by atoms with E-state index in [0.29, 0.717) is 23.1 Å². The van der Waals surface area contributed by atoms with E-state index in [1.807, 2.05) is 18.2 Å². The van der Waals surface area contributed by atoms with Crippen LogP contribution >= 0.6 is 0 Å². The van der Waals surface area contributed by atoms with Gasteiger partial charge in [-0.05, 0) is 12.1 Å². The van der Waals surface area contributed by atoms with Gasteiger partial charge in [-0.1, -0.05) is 0 Å². The maximum atomic E-state index is 5.95. The van der Waals surface area contributed by atoms with Crippen LogP contribution in [0, 0.1) is 0 Å². The van der Waals surface area contributed by atoms with Crippen LogP contribution in [0.15, 0.2) is 24.5 Å². The Morgan fingerprint density at radius 2 is 1.95 bits per heavy atom. The molecule has 0 bridgehead atoms. The SMILES string of the molecule is CNc1ncnc(Nc2ccc3c(c2)OCO3)c1N. The van der Waals surface area contributed by atoms with E-state index in [1.165, 1.54) is 6.33 Å². The molecule has 0 amide bonds. The third-order valence-corrected chi connectivity index (χ3v) is 2.76. The van der Waals surface area contributed by atoms with Crippen molar-refractivity contribution < 1.29 is 9.47 Å². The zero-order chi connectivity index (χ0) is 13.2. The predicted molar refractivity (Wildman–Crippen MR) is 71.8 cm³/mol. The molecular weight excluding hydrogens is 246 g/mol. The lowest BCUT2D eigenvalue weighted by atomic mass is 10.2. The molecule has 19 heavy (non-hydrogen) atoms. The highest BCUT2D eigenvalue weighted by atomic mass is 16.7. The number of aromatic nitrogens is 2. The second-order valence-corrected chi connectivity index (χ2v) is 3.93. The molecule has 0 unspecified atom stereocenters. The molecule has 1 aliphatic rings. The Morgan fingerprint density at radius 3 is 2.79 bits per heavy atom. The number of ether oxygens (including phenoxy) is 2. The summed E-state index contributed by atoms with van der Waals surface area (Å²) in [6, 6.07) is 5.54. The first kappa shape index (κ1) is 11.4. The number of nitrogen functional groups attached to an aromatic ring is 1. The second kappa shape index (κ2) is 4.52. The van der Waals surface area contributed by atoms with Crippen molar-refractivity contribution in [3.63, 3.8) is 0 Å². The van der Waals surface area contributed by atoms with Crippen LogP contribution < -0.4 is 25.8 Å². The van der Waals surface area contributed by atoms with Gasteiger partial charge in [0.05, 0.1) is 0 Å². The molecule has 2 heterocycles. The van der Waals surface area contributed by atoms with Crippen molar-refractivity contribution >= 4 is 23.0 Å². The van der Waals surface area contributed by atoms with E-state index in [2.05, 4.69) is 20.6 Å². The van der Waals surface area contributed by atoms with Crippen LogP contribution in [0.4, 0.5) is 23.0 Å². The zero-order valence-corrected chi connectivity index (χ0v) is 10.3. The number of nitrogens with one attached hydrogen (secondary N) is 2. The highest BCUT2D eigenvalue weighted by molar-refractivity contribution is 5.78. The number of hydrogen-bond donors (Lipinski definition) is 3. The van der Waals surface area contributed by atoms with Crippen molar-refractivity contribution in [2.45, 2.75) is 0 Å². The molecule has 0 saturated carbocycles.